The average molecular weight is 1060 g/mol. The Morgan fingerprint density at radius 1 is 0.276 bits per heavy atom. The van der Waals surface area contributed by atoms with Gasteiger partial charge in [-0.3, -0.25) is 14.4 Å². The molecule has 6 heteroatoms. The molecule has 0 rings (SSSR count). The number of ether oxygens (including phenoxy) is 3. The second-order valence-electron chi connectivity index (χ2n) is 20.9. The molecule has 0 aromatic rings. The summed E-state index contributed by atoms with van der Waals surface area (Å²) < 4.78 is 16.9. The highest BCUT2D eigenvalue weighted by Gasteiger charge is 2.19. The van der Waals surface area contributed by atoms with Crippen LogP contribution in [-0.2, 0) is 28.6 Å². The molecule has 6 nitrogen and oxygen atoms in total. The van der Waals surface area contributed by atoms with Gasteiger partial charge in [0, 0.05) is 19.3 Å². The van der Waals surface area contributed by atoms with E-state index in [0.717, 1.165) is 103 Å². The molecule has 0 bridgehead atoms. The van der Waals surface area contributed by atoms with Gasteiger partial charge in [-0.1, -0.05) is 284 Å². The van der Waals surface area contributed by atoms with Crippen molar-refractivity contribution in [3.63, 3.8) is 0 Å². The van der Waals surface area contributed by atoms with Gasteiger partial charge in [0.25, 0.3) is 0 Å². The molecule has 0 aliphatic heterocycles. The molecule has 434 valence electrons. The molecule has 0 saturated heterocycles. The fraction of sp³-hybridized carbons (Fsp3) is 0.700. The second kappa shape index (κ2) is 63.6. The Kier molecular flexibility index (Phi) is 60.3. The fourth-order valence-electron chi connectivity index (χ4n) is 8.76. The molecule has 0 spiro atoms. The molecule has 1 atom stereocenters. The summed E-state index contributed by atoms with van der Waals surface area (Å²) in [5, 5.41) is 0. The van der Waals surface area contributed by atoms with Gasteiger partial charge in [0.2, 0.25) is 0 Å². The summed E-state index contributed by atoms with van der Waals surface area (Å²) >= 11 is 0. The Morgan fingerprint density at radius 2 is 0.526 bits per heavy atom. The molecular formula is C70H118O6. The molecule has 0 amide bonds. The third-order valence-electron chi connectivity index (χ3n) is 13.5. The molecule has 0 N–H and O–H groups in total. The first kappa shape index (κ1) is 72.1. The number of hydrogen-bond acceptors (Lipinski definition) is 6. The van der Waals surface area contributed by atoms with Gasteiger partial charge in [0.1, 0.15) is 13.2 Å². The molecular weight excluding hydrogens is 937 g/mol. The minimum atomic E-state index is -0.808. The van der Waals surface area contributed by atoms with E-state index in [9.17, 15) is 14.4 Å². The van der Waals surface area contributed by atoms with Gasteiger partial charge in [-0.2, -0.15) is 0 Å². The van der Waals surface area contributed by atoms with Gasteiger partial charge >= 0.3 is 17.9 Å². The van der Waals surface area contributed by atoms with Crippen molar-refractivity contribution in [2.45, 2.75) is 303 Å². The molecule has 1 unspecified atom stereocenters. The maximum Gasteiger partial charge on any atom is 0.306 e. The van der Waals surface area contributed by atoms with E-state index in [1.54, 1.807) is 0 Å². The number of carbonyl (C=O) groups excluding carboxylic acids is 3. The number of rotatable bonds is 57. The molecule has 0 fully saturated rings. The lowest BCUT2D eigenvalue weighted by Crippen LogP contribution is -2.30. The summed E-state index contributed by atoms with van der Waals surface area (Å²) in [6.45, 7) is 6.48. The lowest BCUT2D eigenvalue weighted by molar-refractivity contribution is -0.167. The quantitative estimate of drug-likeness (QED) is 0.0261. The molecule has 0 heterocycles. The summed E-state index contributed by atoms with van der Waals surface area (Å²) in [4.78, 5) is 38.3. The number of hydrogen-bond donors (Lipinski definition) is 0. The van der Waals surface area contributed by atoms with Crippen molar-refractivity contribution in [2.24, 2.45) is 0 Å². The largest absolute Gasteiger partial charge is 0.462 e. The summed E-state index contributed by atoms with van der Waals surface area (Å²) in [5.74, 6) is -0.959. The number of esters is 3. The summed E-state index contributed by atoms with van der Waals surface area (Å²) in [6, 6.07) is 0. The first-order valence-electron chi connectivity index (χ1n) is 31.9. The van der Waals surface area contributed by atoms with Gasteiger partial charge in [0.15, 0.2) is 6.10 Å². The Balaban J connectivity index is 4.49. The molecule has 0 aliphatic carbocycles. The molecule has 0 aromatic heterocycles. The minimum absolute atomic E-state index is 0.0981. The van der Waals surface area contributed by atoms with Crippen LogP contribution in [0.15, 0.2) is 109 Å². The predicted molar refractivity (Wildman–Crippen MR) is 330 cm³/mol. The van der Waals surface area contributed by atoms with Crippen molar-refractivity contribution >= 4 is 17.9 Å². The van der Waals surface area contributed by atoms with Crippen molar-refractivity contribution in [3.05, 3.63) is 109 Å². The van der Waals surface area contributed by atoms with E-state index in [-0.39, 0.29) is 37.5 Å². The Hall–Kier alpha value is -3.93. The number of carbonyl (C=O) groups is 3. The predicted octanol–water partition coefficient (Wildman–Crippen LogP) is 21.8. The summed E-state index contributed by atoms with van der Waals surface area (Å²) in [5.41, 5.74) is 0. The summed E-state index contributed by atoms with van der Waals surface area (Å²) in [6.07, 6.45) is 86.6. The lowest BCUT2D eigenvalue weighted by Gasteiger charge is -2.18. The van der Waals surface area contributed by atoms with Crippen molar-refractivity contribution in [1.29, 1.82) is 0 Å². The molecule has 0 radical (unpaired) electrons. The van der Waals surface area contributed by atoms with Gasteiger partial charge in [-0.25, -0.2) is 0 Å². The van der Waals surface area contributed by atoms with Gasteiger partial charge in [-0.15, -0.1) is 0 Å². The Labute approximate surface area is 470 Å². The zero-order chi connectivity index (χ0) is 55.0. The van der Waals surface area contributed by atoms with Crippen LogP contribution in [0.4, 0.5) is 0 Å². The zero-order valence-corrected chi connectivity index (χ0v) is 49.7. The van der Waals surface area contributed by atoms with E-state index in [1.807, 2.05) is 0 Å². The van der Waals surface area contributed by atoms with Crippen LogP contribution in [0.25, 0.3) is 0 Å². The van der Waals surface area contributed by atoms with E-state index in [4.69, 9.17) is 14.2 Å². The van der Waals surface area contributed by atoms with Crippen LogP contribution in [0.1, 0.15) is 297 Å². The van der Waals surface area contributed by atoms with Crippen LogP contribution in [-0.4, -0.2) is 37.2 Å². The topological polar surface area (TPSA) is 78.9 Å². The van der Waals surface area contributed by atoms with Crippen molar-refractivity contribution in [2.75, 3.05) is 13.2 Å². The highest BCUT2D eigenvalue weighted by Crippen LogP contribution is 2.16. The van der Waals surface area contributed by atoms with E-state index in [1.165, 1.54) is 148 Å². The van der Waals surface area contributed by atoms with Crippen LogP contribution in [0.5, 0.6) is 0 Å². The third kappa shape index (κ3) is 60.9. The minimum Gasteiger partial charge on any atom is -0.462 e. The van der Waals surface area contributed by atoms with E-state index in [0.29, 0.717) is 19.3 Å². The zero-order valence-electron chi connectivity index (χ0n) is 49.7. The second-order valence-corrected chi connectivity index (χ2v) is 20.9. The first-order chi connectivity index (χ1) is 37.5. The monoisotopic (exact) mass is 1050 g/mol. The highest BCUT2D eigenvalue weighted by atomic mass is 16.6. The lowest BCUT2D eigenvalue weighted by atomic mass is 10.0. The van der Waals surface area contributed by atoms with E-state index >= 15 is 0 Å². The SMILES string of the molecule is CC/C=C\C/C=C\C/C=C\C/C=C\C/C=C\C/C=C\C/C=C\CCCC(=O)OCC(COC(=O)CCCCCCCCCCCCCCCCCCC)OC(=O)CCCCCCCCC/C=C\C/C=C\CCCCCC. The van der Waals surface area contributed by atoms with Crippen molar-refractivity contribution in [1.82, 2.24) is 0 Å². The standard InChI is InChI=1S/C70H118O6/c1-4-7-10-13-16-19-22-25-28-31-33-34-35-36-37-40-42-45-48-51-54-57-60-63-69(72)75-66-67(65-74-68(71)62-59-56-53-50-47-44-41-38-30-27-24-21-18-15-12-9-6-3)76-70(73)64-61-58-55-52-49-46-43-39-32-29-26-23-20-17-14-11-8-5-2/h7,10,16,19-20,23,25,28-29,32-34,36-37,42,45,51,54,67H,4-6,8-9,11-15,17-18,21-22,24,26-27,30-31,35,38-41,43-44,46-50,52-53,55-66H2,1-3H3/b10-7-,19-16-,23-20-,28-25-,32-29-,34-33-,37-36-,45-42-,54-51-. The first-order valence-corrected chi connectivity index (χ1v) is 31.9. The van der Waals surface area contributed by atoms with Gasteiger partial charge < -0.3 is 14.2 Å². The van der Waals surface area contributed by atoms with Crippen LogP contribution in [0.2, 0.25) is 0 Å². The third-order valence-corrected chi connectivity index (χ3v) is 13.5. The van der Waals surface area contributed by atoms with Crippen LogP contribution >= 0.6 is 0 Å². The van der Waals surface area contributed by atoms with Crippen LogP contribution < -0.4 is 0 Å². The summed E-state index contributed by atoms with van der Waals surface area (Å²) in [7, 11) is 0. The number of allylic oxidation sites excluding steroid dienone is 18. The van der Waals surface area contributed by atoms with Gasteiger partial charge in [-0.05, 0) is 103 Å². The van der Waals surface area contributed by atoms with Crippen molar-refractivity contribution in [3.8, 4) is 0 Å². The smallest absolute Gasteiger partial charge is 0.306 e. The van der Waals surface area contributed by atoms with Crippen LogP contribution in [0.3, 0.4) is 0 Å². The normalized spacial score (nSPS) is 12.8. The highest BCUT2D eigenvalue weighted by molar-refractivity contribution is 5.71. The maximum absolute atomic E-state index is 12.9. The fourth-order valence-corrected chi connectivity index (χ4v) is 8.76. The molecule has 0 aliphatic rings. The van der Waals surface area contributed by atoms with E-state index in [2.05, 4.69) is 130 Å². The molecule has 76 heavy (non-hydrogen) atoms. The van der Waals surface area contributed by atoms with E-state index < -0.39 is 6.10 Å². The molecule has 0 aromatic carbocycles. The molecule has 0 saturated carbocycles. The van der Waals surface area contributed by atoms with Crippen LogP contribution in [0, 0.1) is 0 Å². The number of unbranched alkanes of at least 4 members (excludes halogenated alkanes) is 28. The Morgan fingerprint density at radius 3 is 0.868 bits per heavy atom. The van der Waals surface area contributed by atoms with Gasteiger partial charge in [0.05, 0.1) is 0 Å². The average Bonchev–Trinajstić information content (AvgIpc) is 3.42. The Bertz CT molecular complexity index is 1540. The maximum atomic E-state index is 12.9. The van der Waals surface area contributed by atoms with Crippen molar-refractivity contribution < 1.29 is 28.6 Å².